The van der Waals surface area contributed by atoms with Crippen LogP contribution < -0.4 is 5.73 Å². The zero-order valence-corrected chi connectivity index (χ0v) is 15.5. The zero-order chi connectivity index (χ0) is 17.0. The van der Waals surface area contributed by atoms with Gasteiger partial charge in [0, 0.05) is 11.5 Å². The van der Waals surface area contributed by atoms with Gasteiger partial charge in [0.15, 0.2) is 5.78 Å². The summed E-state index contributed by atoms with van der Waals surface area (Å²) in [5, 5.41) is 0. The Morgan fingerprint density at radius 2 is 1.55 bits per heavy atom. The molecule has 0 rings (SSSR count). The molecule has 0 aliphatic rings. The van der Waals surface area contributed by atoms with Gasteiger partial charge in [0.1, 0.15) is 0 Å². The highest BCUT2D eigenvalue weighted by molar-refractivity contribution is 5.91. The molecule has 0 aromatic heterocycles. The molecule has 0 aromatic rings. The van der Waals surface area contributed by atoms with E-state index in [2.05, 4.69) is 34.3 Å². The van der Waals surface area contributed by atoms with Gasteiger partial charge in [-0.25, -0.2) is 0 Å². The highest BCUT2D eigenvalue weighted by Gasteiger charge is 2.34. The van der Waals surface area contributed by atoms with Crippen molar-refractivity contribution in [3.05, 3.63) is 12.7 Å². The van der Waals surface area contributed by atoms with Gasteiger partial charge in [-0.05, 0) is 38.7 Å². The third-order valence-electron chi connectivity index (χ3n) is 4.82. The first-order chi connectivity index (χ1) is 10.4. The average molecular weight is 310 g/mol. The van der Waals surface area contributed by atoms with E-state index in [1.807, 2.05) is 0 Å². The molecule has 0 saturated carbocycles. The maximum absolute atomic E-state index is 12.1. The van der Waals surface area contributed by atoms with Crippen LogP contribution >= 0.6 is 0 Å². The first kappa shape index (κ1) is 21.4. The summed E-state index contributed by atoms with van der Waals surface area (Å²) in [4.78, 5) is 12.1. The van der Waals surface area contributed by atoms with Crippen LogP contribution in [0.3, 0.4) is 0 Å². The molecule has 2 atom stereocenters. The van der Waals surface area contributed by atoms with Crippen LogP contribution in [0.4, 0.5) is 0 Å². The molecule has 0 saturated heterocycles. The number of hydrogen-bond donors (Lipinski definition) is 1. The van der Waals surface area contributed by atoms with Crippen molar-refractivity contribution in [2.24, 2.45) is 17.6 Å². The van der Waals surface area contributed by atoms with Crippen molar-refractivity contribution in [3.8, 4) is 0 Å². The van der Waals surface area contributed by atoms with Crippen LogP contribution in [-0.2, 0) is 4.79 Å². The fourth-order valence-electron chi connectivity index (χ4n) is 3.43. The van der Waals surface area contributed by atoms with Crippen molar-refractivity contribution in [2.75, 3.05) is 0 Å². The molecule has 0 heterocycles. The van der Waals surface area contributed by atoms with E-state index in [9.17, 15) is 4.79 Å². The van der Waals surface area contributed by atoms with E-state index >= 15 is 0 Å². The molecule has 0 radical (unpaired) electrons. The van der Waals surface area contributed by atoms with Gasteiger partial charge in [-0.15, -0.1) is 0 Å². The minimum absolute atomic E-state index is 0.0297. The van der Waals surface area contributed by atoms with E-state index in [1.165, 1.54) is 57.4 Å². The van der Waals surface area contributed by atoms with E-state index < -0.39 is 0 Å². The molecule has 22 heavy (non-hydrogen) atoms. The first-order valence-electron chi connectivity index (χ1n) is 9.33. The minimum Gasteiger partial charge on any atom is -0.325 e. The fourth-order valence-corrected chi connectivity index (χ4v) is 3.43. The summed E-state index contributed by atoms with van der Waals surface area (Å²) in [6.07, 6.45) is 13.9. The molecule has 2 unspecified atom stereocenters. The highest BCUT2D eigenvalue weighted by atomic mass is 16.1. The topological polar surface area (TPSA) is 43.1 Å². The van der Waals surface area contributed by atoms with Crippen molar-refractivity contribution in [3.63, 3.8) is 0 Å². The Morgan fingerprint density at radius 1 is 1.05 bits per heavy atom. The Labute approximate surface area is 138 Å². The van der Waals surface area contributed by atoms with E-state index in [1.54, 1.807) is 0 Å². The van der Waals surface area contributed by atoms with Crippen molar-refractivity contribution >= 4 is 5.78 Å². The van der Waals surface area contributed by atoms with E-state index in [0.717, 1.165) is 12.8 Å². The van der Waals surface area contributed by atoms with Gasteiger partial charge in [-0.1, -0.05) is 71.8 Å². The number of allylic oxidation sites excluding steroid dienone is 1. The van der Waals surface area contributed by atoms with Gasteiger partial charge in [-0.2, -0.15) is 0 Å². The number of ketones is 1. The van der Waals surface area contributed by atoms with Crippen LogP contribution in [0.15, 0.2) is 12.7 Å². The van der Waals surface area contributed by atoms with Gasteiger partial charge >= 0.3 is 0 Å². The summed E-state index contributed by atoms with van der Waals surface area (Å²) in [7, 11) is 0. The van der Waals surface area contributed by atoms with Gasteiger partial charge in [0.05, 0.1) is 0 Å². The van der Waals surface area contributed by atoms with Crippen LogP contribution in [0, 0.1) is 11.8 Å². The van der Waals surface area contributed by atoms with Crippen LogP contribution in [0.25, 0.3) is 0 Å². The van der Waals surface area contributed by atoms with Crippen LogP contribution in [0.2, 0.25) is 0 Å². The predicted molar refractivity (Wildman–Crippen MR) is 98.0 cm³/mol. The second-order valence-corrected chi connectivity index (χ2v) is 7.31. The predicted octanol–water partition coefficient (Wildman–Crippen LogP) is 5.65. The molecule has 0 aliphatic carbocycles. The Morgan fingerprint density at radius 3 is 1.95 bits per heavy atom. The molecule has 2 N–H and O–H groups in total. The van der Waals surface area contributed by atoms with Crippen LogP contribution in [0.5, 0.6) is 0 Å². The van der Waals surface area contributed by atoms with Crippen LogP contribution in [-0.4, -0.2) is 11.3 Å². The average Bonchev–Trinajstić information content (AvgIpc) is 2.47. The molecule has 2 heteroatoms. The summed E-state index contributed by atoms with van der Waals surface area (Å²) >= 11 is 0. The highest BCUT2D eigenvalue weighted by Crippen LogP contribution is 2.31. The summed E-state index contributed by atoms with van der Waals surface area (Å²) in [6, 6.07) is 0. The molecule has 0 spiro atoms. The van der Waals surface area contributed by atoms with Crippen molar-refractivity contribution in [1.29, 1.82) is 0 Å². The Kier molecular flexibility index (Phi) is 11.5. The SMILES string of the molecule is C=CC(=O)C(CC)C(CCCCCCCCCC)C(C)(C)N. The maximum Gasteiger partial charge on any atom is 0.158 e. The molecule has 0 aromatic carbocycles. The summed E-state index contributed by atoms with van der Waals surface area (Å²) < 4.78 is 0. The smallest absolute Gasteiger partial charge is 0.158 e. The molecule has 0 amide bonds. The number of nitrogens with two attached hydrogens (primary N) is 1. The first-order valence-corrected chi connectivity index (χ1v) is 9.33. The fraction of sp³-hybridized carbons (Fsp3) is 0.850. The number of carbonyl (C=O) groups is 1. The Bertz CT molecular complexity index is 303. The summed E-state index contributed by atoms with van der Waals surface area (Å²) in [5.41, 5.74) is 6.05. The van der Waals surface area contributed by atoms with Gasteiger partial charge in [-0.3, -0.25) is 4.79 Å². The lowest BCUT2D eigenvalue weighted by Crippen LogP contribution is -2.46. The summed E-state index contributed by atoms with van der Waals surface area (Å²) in [5.74, 6) is 0.440. The Balaban J connectivity index is 4.22. The summed E-state index contributed by atoms with van der Waals surface area (Å²) in [6.45, 7) is 12.1. The van der Waals surface area contributed by atoms with Crippen molar-refractivity contribution in [2.45, 2.75) is 97.4 Å². The van der Waals surface area contributed by atoms with Gasteiger partial charge in [0.2, 0.25) is 0 Å². The van der Waals surface area contributed by atoms with E-state index in [4.69, 9.17) is 5.73 Å². The number of rotatable bonds is 14. The largest absolute Gasteiger partial charge is 0.325 e. The van der Waals surface area contributed by atoms with Gasteiger partial charge in [0.25, 0.3) is 0 Å². The van der Waals surface area contributed by atoms with Crippen molar-refractivity contribution in [1.82, 2.24) is 0 Å². The molecular formula is C20H39NO. The lowest BCUT2D eigenvalue weighted by atomic mass is 9.72. The molecule has 130 valence electrons. The van der Waals surface area contributed by atoms with Crippen LogP contribution in [0.1, 0.15) is 91.9 Å². The van der Waals surface area contributed by atoms with E-state index in [-0.39, 0.29) is 23.2 Å². The number of hydrogen-bond acceptors (Lipinski definition) is 2. The second kappa shape index (κ2) is 11.9. The quantitative estimate of drug-likeness (QED) is 0.333. The zero-order valence-electron chi connectivity index (χ0n) is 15.5. The molecule has 2 nitrogen and oxygen atoms in total. The van der Waals surface area contributed by atoms with Gasteiger partial charge < -0.3 is 5.73 Å². The minimum atomic E-state index is -0.305. The number of carbonyl (C=O) groups excluding carboxylic acids is 1. The number of unbranched alkanes of at least 4 members (excludes halogenated alkanes) is 7. The lowest BCUT2D eigenvalue weighted by molar-refractivity contribution is -0.120. The normalized spacial score (nSPS) is 14.6. The molecule has 0 fully saturated rings. The van der Waals surface area contributed by atoms with E-state index in [0.29, 0.717) is 0 Å². The standard InChI is InChI=1S/C20H39NO/c1-6-9-10-11-12-13-14-15-16-18(20(4,5)21)17(7-2)19(22)8-3/h8,17-18H,3,6-7,9-16,21H2,1-2,4-5H3. The maximum atomic E-state index is 12.1. The lowest BCUT2D eigenvalue weighted by Gasteiger charge is -2.35. The molecule has 0 bridgehead atoms. The third kappa shape index (κ3) is 8.73. The Hall–Kier alpha value is -0.630. The van der Waals surface area contributed by atoms with Crippen molar-refractivity contribution < 1.29 is 4.79 Å². The third-order valence-corrected chi connectivity index (χ3v) is 4.82. The molecular weight excluding hydrogens is 270 g/mol. The monoisotopic (exact) mass is 309 g/mol. The molecule has 0 aliphatic heterocycles. The second-order valence-electron chi connectivity index (χ2n) is 7.31.